The molecule has 2 rings (SSSR count). The molecule has 2 aromatic carbocycles. The molecule has 0 saturated heterocycles. The summed E-state index contributed by atoms with van der Waals surface area (Å²) in [6.45, 7) is 0. The maximum absolute atomic E-state index is 13.5. The molecule has 0 aliphatic carbocycles. The first kappa shape index (κ1) is 15.0. The molecule has 0 bridgehead atoms. The van der Waals surface area contributed by atoms with Crippen LogP contribution in [0.25, 0.3) is 0 Å². The van der Waals surface area contributed by atoms with E-state index in [0.29, 0.717) is 0 Å². The number of carbonyl (C=O) groups is 1. The normalized spacial score (nSPS) is 10.2. The van der Waals surface area contributed by atoms with Gasteiger partial charge in [0.1, 0.15) is 10.8 Å². The van der Waals surface area contributed by atoms with Crippen molar-refractivity contribution >= 4 is 28.8 Å². The quantitative estimate of drug-likeness (QED) is 0.857. The van der Waals surface area contributed by atoms with Crippen LogP contribution in [0.4, 0.5) is 18.9 Å². The summed E-state index contributed by atoms with van der Waals surface area (Å²) in [4.78, 5) is 11.7. The van der Waals surface area contributed by atoms with Gasteiger partial charge in [0.25, 0.3) is 5.91 Å². The van der Waals surface area contributed by atoms with Gasteiger partial charge in [-0.1, -0.05) is 18.3 Å². The summed E-state index contributed by atoms with van der Waals surface area (Å²) in [5.41, 5.74) is 4.98. The maximum atomic E-state index is 13.5. The van der Waals surface area contributed by atoms with Gasteiger partial charge in [0.05, 0.1) is 5.56 Å². The van der Waals surface area contributed by atoms with Crippen LogP contribution < -0.4 is 11.1 Å². The molecule has 0 heterocycles. The number of halogens is 3. The van der Waals surface area contributed by atoms with Gasteiger partial charge in [0, 0.05) is 11.3 Å². The Balaban J connectivity index is 2.30. The number of nitrogens with two attached hydrogens (primary N) is 1. The van der Waals surface area contributed by atoms with Gasteiger partial charge in [-0.05, 0) is 30.3 Å². The molecule has 0 radical (unpaired) electrons. The van der Waals surface area contributed by atoms with E-state index in [4.69, 9.17) is 5.73 Å². The predicted octanol–water partition coefficient (Wildman–Crippen LogP) is 2.99. The van der Waals surface area contributed by atoms with E-state index in [9.17, 15) is 18.0 Å². The van der Waals surface area contributed by atoms with E-state index in [1.807, 2.05) is 0 Å². The molecule has 0 unspecified atom stereocenters. The highest BCUT2D eigenvalue weighted by atomic mass is 32.1. The second-order valence-corrected chi connectivity index (χ2v) is 4.55. The first-order valence-electron chi connectivity index (χ1n) is 5.75. The Morgan fingerprint density at radius 3 is 2.43 bits per heavy atom. The Kier molecular flexibility index (Phi) is 4.23. The number of thiocarbonyl (C=S) groups is 1. The number of hydrogen-bond acceptors (Lipinski definition) is 2. The van der Waals surface area contributed by atoms with Crippen molar-refractivity contribution in [3.8, 4) is 0 Å². The Morgan fingerprint density at radius 2 is 1.76 bits per heavy atom. The van der Waals surface area contributed by atoms with Gasteiger partial charge in [-0.25, -0.2) is 13.2 Å². The second kappa shape index (κ2) is 5.92. The number of carbonyl (C=O) groups excluding carboxylic acids is 1. The first-order valence-corrected chi connectivity index (χ1v) is 6.15. The van der Waals surface area contributed by atoms with Crippen LogP contribution in [0.1, 0.15) is 15.9 Å². The molecular weight excluding hydrogens is 301 g/mol. The van der Waals surface area contributed by atoms with Crippen LogP contribution in [0.5, 0.6) is 0 Å². The van der Waals surface area contributed by atoms with Gasteiger partial charge in [-0.15, -0.1) is 0 Å². The lowest BCUT2D eigenvalue weighted by Crippen LogP contribution is -2.16. The summed E-state index contributed by atoms with van der Waals surface area (Å²) in [6, 6.07) is 6.77. The van der Waals surface area contributed by atoms with E-state index in [1.165, 1.54) is 18.2 Å². The van der Waals surface area contributed by atoms with Gasteiger partial charge in [0.15, 0.2) is 11.6 Å². The Hall–Kier alpha value is -2.41. The standard InChI is InChI=1S/C14H9F3N2OS/c15-10-5-4-7(6-9(10)13(18)21)19-14(20)8-2-1-3-11(16)12(8)17/h1-6H,(H2,18,21)(H,19,20). The first-order chi connectivity index (χ1) is 9.90. The van der Waals surface area contributed by atoms with Crippen LogP contribution in [0.3, 0.4) is 0 Å². The average Bonchev–Trinajstić information content (AvgIpc) is 2.43. The Labute approximate surface area is 123 Å². The SMILES string of the molecule is NC(=S)c1cc(NC(=O)c2cccc(F)c2F)ccc1F. The van der Waals surface area contributed by atoms with E-state index in [-0.39, 0.29) is 16.2 Å². The second-order valence-electron chi connectivity index (χ2n) is 4.11. The third-order valence-electron chi connectivity index (χ3n) is 2.69. The summed E-state index contributed by atoms with van der Waals surface area (Å²) in [7, 11) is 0. The smallest absolute Gasteiger partial charge is 0.258 e. The van der Waals surface area contributed by atoms with Crippen molar-refractivity contribution in [2.75, 3.05) is 5.32 Å². The molecule has 3 N–H and O–H groups in total. The number of anilines is 1. The van der Waals surface area contributed by atoms with Crippen LogP contribution in [-0.4, -0.2) is 10.9 Å². The zero-order valence-electron chi connectivity index (χ0n) is 10.5. The van der Waals surface area contributed by atoms with Crippen molar-refractivity contribution in [2.45, 2.75) is 0 Å². The number of hydrogen-bond donors (Lipinski definition) is 2. The number of nitrogens with one attached hydrogen (secondary N) is 1. The average molecular weight is 310 g/mol. The molecule has 2 aromatic rings. The molecular formula is C14H9F3N2OS. The fraction of sp³-hybridized carbons (Fsp3) is 0. The number of amides is 1. The molecule has 108 valence electrons. The molecule has 0 atom stereocenters. The van der Waals surface area contributed by atoms with Gasteiger partial charge in [-0.2, -0.15) is 0 Å². The number of rotatable bonds is 3. The van der Waals surface area contributed by atoms with E-state index >= 15 is 0 Å². The van der Waals surface area contributed by atoms with Crippen molar-refractivity contribution in [1.82, 2.24) is 0 Å². The van der Waals surface area contributed by atoms with Crippen molar-refractivity contribution in [1.29, 1.82) is 0 Å². The molecule has 0 aromatic heterocycles. The molecule has 0 fully saturated rings. The Bertz CT molecular complexity index is 734. The summed E-state index contributed by atoms with van der Waals surface area (Å²) in [6.07, 6.45) is 0. The van der Waals surface area contributed by atoms with Gasteiger partial charge in [0.2, 0.25) is 0 Å². The van der Waals surface area contributed by atoms with Crippen molar-refractivity contribution in [2.24, 2.45) is 5.73 Å². The zero-order chi connectivity index (χ0) is 15.6. The van der Waals surface area contributed by atoms with Crippen molar-refractivity contribution < 1.29 is 18.0 Å². The molecule has 0 aliphatic heterocycles. The fourth-order valence-corrected chi connectivity index (χ4v) is 1.83. The molecule has 0 saturated carbocycles. The van der Waals surface area contributed by atoms with E-state index in [1.54, 1.807) is 0 Å². The monoisotopic (exact) mass is 310 g/mol. The molecule has 1 amide bonds. The lowest BCUT2D eigenvalue weighted by atomic mass is 10.1. The summed E-state index contributed by atoms with van der Waals surface area (Å²) in [5, 5.41) is 2.32. The maximum Gasteiger partial charge on any atom is 0.258 e. The molecule has 0 spiro atoms. The lowest BCUT2D eigenvalue weighted by Gasteiger charge is -2.08. The molecule has 21 heavy (non-hydrogen) atoms. The summed E-state index contributed by atoms with van der Waals surface area (Å²) >= 11 is 4.67. The third-order valence-corrected chi connectivity index (χ3v) is 2.91. The van der Waals surface area contributed by atoms with Crippen LogP contribution in [0.15, 0.2) is 36.4 Å². The highest BCUT2D eigenvalue weighted by Gasteiger charge is 2.16. The highest BCUT2D eigenvalue weighted by molar-refractivity contribution is 7.80. The van der Waals surface area contributed by atoms with Crippen molar-refractivity contribution in [3.63, 3.8) is 0 Å². The zero-order valence-corrected chi connectivity index (χ0v) is 11.3. The van der Waals surface area contributed by atoms with Gasteiger partial charge in [-0.3, -0.25) is 4.79 Å². The summed E-state index contributed by atoms with van der Waals surface area (Å²) < 4.78 is 40.0. The Morgan fingerprint density at radius 1 is 1.05 bits per heavy atom. The van der Waals surface area contributed by atoms with Gasteiger partial charge >= 0.3 is 0 Å². The topological polar surface area (TPSA) is 55.1 Å². The molecule has 7 heteroatoms. The minimum atomic E-state index is -1.26. The van der Waals surface area contributed by atoms with Crippen molar-refractivity contribution in [3.05, 3.63) is 65.0 Å². The van der Waals surface area contributed by atoms with E-state index in [2.05, 4.69) is 17.5 Å². The molecule has 0 aliphatic rings. The van der Waals surface area contributed by atoms with Gasteiger partial charge < -0.3 is 11.1 Å². The van der Waals surface area contributed by atoms with Crippen LogP contribution in [0.2, 0.25) is 0 Å². The predicted molar refractivity (Wildman–Crippen MR) is 76.6 cm³/mol. The molecule has 3 nitrogen and oxygen atoms in total. The largest absolute Gasteiger partial charge is 0.389 e. The van der Waals surface area contributed by atoms with E-state index in [0.717, 1.165) is 18.2 Å². The lowest BCUT2D eigenvalue weighted by molar-refractivity contribution is 0.102. The van der Waals surface area contributed by atoms with Crippen LogP contribution in [0, 0.1) is 17.5 Å². The highest BCUT2D eigenvalue weighted by Crippen LogP contribution is 2.17. The number of benzene rings is 2. The summed E-state index contributed by atoms with van der Waals surface area (Å²) in [5.74, 6) is -3.90. The van der Waals surface area contributed by atoms with Crippen LogP contribution >= 0.6 is 12.2 Å². The third kappa shape index (κ3) is 3.19. The fourth-order valence-electron chi connectivity index (χ4n) is 1.67. The van der Waals surface area contributed by atoms with E-state index < -0.39 is 28.9 Å². The van der Waals surface area contributed by atoms with Crippen LogP contribution in [-0.2, 0) is 0 Å². The minimum Gasteiger partial charge on any atom is -0.389 e. The minimum absolute atomic E-state index is 0.0532.